The van der Waals surface area contributed by atoms with Crippen LogP contribution in [0.15, 0.2) is 10.5 Å². The lowest BCUT2D eigenvalue weighted by atomic mass is 9.99. The van der Waals surface area contributed by atoms with Crippen molar-refractivity contribution in [3.63, 3.8) is 0 Å². The molecule has 0 atom stereocenters. The number of rotatable bonds is 1. The Balaban J connectivity index is 2.44. The van der Waals surface area contributed by atoms with E-state index in [1.165, 1.54) is 0 Å². The van der Waals surface area contributed by atoms with E-state index in [1.54, 1.807) is 7.11 Å². The van der Waals surface area contributed by atoms with E-state index in [2.05, 4.69) is 31.4 Å². The minimum atomic E-state index is -0.364. The third-order valence-corrected chi connectivity index (χ3v) is 4.30. The maximum Gasteiger partial charge on any atom is 0.162 e. The molecular weight excluding hydrogens is 344 g/mol. The Bertz CT molecular complexity index is 711. The third-order valence-electron chi connectivity index (χ3n) is 3.41. The molecule has 0 saturated carbocycles. The summed E-state index contributed by atoms with van der Waals surface area (Å²) in [5, 5.41) is 12.5. The van der Waals surface area contributed by atoms with Crippen molar-refractivity contribution < 1.29 is 4.74 Å². The highest BCUT2D eigenvalue weighted by molar-refractivity contribution is 9.10. The minimum absolute atomic E-state index is 0.364. The number of aromatic nitrogens is 3. The van der Waals surface area contributed by atoms with Crippen molar-refractivity contribution in [1.29, 1.82) is 0 Å². The maximum absolute atomic E-state index is 6.39. The molecule has 1 aromatic heterocycles. The van der Waals surface area contributed by atoms with Crippen LogP contribution in [0.1, 0.15) is 25.5 Å². The zero-order valence-electron chi connectivity index (χ0n) is 11.6. The Morgan fingerprint density at radius 2 is 2.10 bits per heavy atom. The Labute approximate surface area is 130 Å². The molecule has 1 aromatic carbocycles. The van der Waals surface area contributed by atoms with Gasteiger partial charge < -0.3 is 10.1 Å². The lowest BCUT2D eigenvalue weighted by Gasteiger charge is -2.35. The molecule has 3 rings (SSSR count). The first-order valence-corrected chi connectivity index (χ1v) is 7.31. The van der Waals surface area contributed by atoms with E-state index in [-0.39, 0.29) is 5.54 Å². The highest BCUT2D eigenvalue weighted by atomic mass is 79.9. The molecule has 0 fully saturated rings. The molecule has 106 valence electrons. The van der Waals surface area contributed by atoms with Gasteiger partial charge in [-0.2, -0.15) is 0 Å². The molecule has 1 aliphatic heterocycles. The largest absolute Gasteiger partial charge is 0.493 e. The van der Waals surface area contributed by atoms with Gasteiger partial charge in [0.05, 0.1) is 27.8 Å². The Morgan fingerprint density at radius 3 is 2.75 bits per heavy atom. The molecule has 7 heteroatoms. The molecule has 0 spiro atoms. The van der Waals surface area contributed by atoms with Gasteiger partial charge in [-0.15, -0.1) is 10.2 Å². The summed E-state index contributed by atoms with van der Waals surface area (Å²) in [6, 6.07) is 1.83. The molecule has 20 heavy (non-hydrogen) atoms. The maximum atomic E-state index is 6.39. The number of ether oxygens (including phenoxy) is 1. The van der Waals surface area contributed by atoms with Crippen LogP contribution in [0.4, 0.5) is 5.69 Å². The second-order valence-electron chi connectivity index (χ2n) is 5.25. The number of nitrogens with zero attached hydrogens (tertiary/aromatic N) is 3. The average Bonchev–Trinajstić information content (AvgIpc) is 2.74. The number of aryl methyl sites for hydroxylation is 1. The van der Waals surface area contributed by atoms with Crippen molar-refractivity contribution in [3.8, 4) is 11.4 Å². The van der Waals surface area contributed by atoms with Crippen LogP contribution in [0.25, 0.3) is 5.69 Å². The van der Waals surface area contributed by atoms with E-state index >= 15 is 0 Å². The monoisotopic (exact) mass is 356 g/mol. The van der Waals surface area contributed by atoms with Gasteiger partial charge in [-0.05, 0) is 42.8 Å². The minimum Gasteiger partial charge on any atom is -0.493 e. The summed E-state index contributed by atoms with van der Waals surface area (Å²) < 4.78 is 8.31. The summed E-state index contributed by atoms with van der Waals surface area (Å²) in [5.41, 5.74) is 1.30. The van der Waals surface area contributed by atoms with Crippen molar-refractivity contribution >= 4 is 33.2 Å². The van der Waals surface area contributed by atoms with E-state index in [0.717, 1.165) is 27.5 Å². The van der Waals surface area contributed by atoms with Gasteiger partial charge in [0.2, 0.25) is 0 Å². The average molecular weight is 358 g/mol. The molecule has 5 nitrogen and oxygen atoms in total. The van der Waals surface area contributed by atoms with Crippen LogP contribution in [0.3, 0.4) is 0 Å². The summed E-state index contributed by atoms with van der Waals surface area (Å²) in [6.07, 6.45) is 0. The predicted molar refractivity (Wildman–Crippen MR) is 82.0 cm³/mol. The fourth-order valence-corrected chi connectivity index (χ4v) is 3.47. The van der Waals surface area contributed by atoms with Gasteiger partial charge in [0.25, 0.3) is 0 Å². The van der Waals surface area contributed by atoms with E-state index < -0.39 is 0 Å². The fraction of sp³-hybridized carbons (Fsp3) is 0.385. The van der Waals surface area contributed by atoms with Crippen LogP contribution < -0.4 is 10.1 Å². The number of fused-ring (bicyclic) bond motifs is 3. The van der Waals surface area contributed by atoms with E-state index in [4.69, 9.17) is 16.3 Å². The smallest absolute Gasteiger partial charge is 0.162 e. The highest BCUT2D eigenvalue weighted by Crippen LogP contribution is 2.48. The zero-order chi connectivity index (χ0) is 14.7. The van der Waals surface area contributed by atoms with Gasteiger partial charge in [-0.3, -0.25) is 4.57 Å². The topological polar surface area (TPSA) is 52.0 Å². The van der Waals surface area contributed by atoms with Gasteiger partial charge in [-0.1, -0.05) is 11.6 Å². The summed E-state index contributed by atoms with van der Waals surface area (Å²) in [5.74, 6) is 2.33. The first-order valence-electron chi connectivity index (χ1n) is 6.14. The molecule has 2 aromatic rings. The predicted octanol–water partition coefficient (Wildman–Crippen LogP) is 3.66. The van der Waals surface area contributed by atoms with Crippen LogP contribution in [-0.4, -0.2) is 21.9 Å². The summed E-state index contributed by atoms with van der Waals surface area (Å²) in [6.45, 7) is 6.00. The molecule has 1 aliphatic rings. The Morgan fingerprint density at radius 1 is 1.40 bits per heavy atom. The van der Waals surface area contributed by atoms with Crippen LogP contribution in [-0.2, 0) is 5.54 Å². The number of halogens is 2. The first kappa shape index (κ1) is 13.7. The van der Waals surface area contributed by atoms with Gasteiger partial charge in [0, 0.05) is 0 Å². The van der Waals surface area contributed by atoms with Gasteiger partial charge in [0.1, 0.15) is 11.5 Å². The molecular formula is C13H14BrClN4O. The number of methoxy groups -OCH3 is 1. The Hall–Kier alpha value is -1.27. The fourth-order valence-electron chi connectivity index (χ4n) is 2.52. The number of anilines is 1. The second-order valence-corrected chi connectivity index (χ2v) is 6.51. The molecule has 2 heterocycles. The third kappa shape index (κ3) is 1.74. The van der Waals surface area contributed by atoms with Crippen LogP contribution in [0, 0.1) is 6.92 Å². The van der Waals surface area contributed by atoms with Crippen molar-refractivity contribution in [2.45, 2.75) is 26.3 Å². The molecule has 0 aliphatic carbocycles. The summed E-state index contributed by atoms with van der Waals surface area (Å²) in [7, 11) is 1.63. The quantitative estimate of drug-likeness (QED) is 0.846. The standard InChI is InChI=1S/C13H14BrClN4O/c1-6-17-18-12-13(2,3)16-9-8(15)5-7(14)11(20-4)10(9)19(6)12/h5,16H,1-4H3. The van der Waals surface area contributed by atoms with Crippen molar-refractivity contribution in [2.24, 2.45) is 0 Å². The second kappa shape index (κ2) is 4.36. The van der Waals surface area contributed by atoms with Gasteiger partial charge >= 0.3 is 0 Å². The van der Waals surface area contributed by atoms with Crippen LogP contribution >= 0.6 is 27.5 Å². The zero-order valence-corrected chi connectivity index (χ0v) is 13.9. The van der Waals surface area contributed by atoms with Crippen molar-refractivity contribution in [3.05, 3.63) is 27.2 Å². The van der Waals surface area contributed by atoms with E-state index in [1.807, 2.05) is 31.4 Å². The van der Waals surface area contributed by atoms with Crippen molar-refractivity contribution in [1.82, 2.24) is 14.8 Å². The number of hydrogen-bond acceptors (Lipinski definition) is 4. The molecule has 0 bridgehead atoms. The van der Waals surface area contributed by atoms with Crippen LogP contribution in [0.2, 0.25) is 5.02 Å². The molecule has 0 amide bonds. The molecule has 1 N–H and O–H groups in total. The Kier molecular flexibility index (Phi) is 2.99. The van der Waals surface area contributed by atoms with Gasteiger partial charge in [0.15, 0.2) is 11.6 Å². The summed E-state index contributed by atoms with van der Waals surface area (Å²) >= 11 is 9.88. The number of benzene rings is 1. The van der Waals surface area contributed by atoms with E-state index in [0.29, 0.717) is 10.8 Å². The normalized spacial score (nSPS) is 15.3. The molecule has 0 unspecified atom stereocenters. The first-order chi connectivity index (χ1) is 9.36. The molecule has 0 radical (unpaired) electrons. The molecule has 0 saturated heterocycles. The lowest BCUT2D eigenvalue weighted by Crippen LogP contribution is -2.36. The summed E-state index contributed by atoms with van der Waals surface area (Å²) in [4.78, 5) is 0. The number of hydrogen-bond donors (Lipinski definition) is 1. The van der Waals surface area contributed by atoms with Crippen molar-refractivity contribution in [2.75, 3.05) is 12.4 Å². The van der Waals surface area contributed by atoms with Gasteiger partial charge in [-0.25, -0.2) is 0 Å². The number of nitrogens with one attached hydrogen (secondary N) is 1. The SMILES string of the molecule is COc1c(Br)cc(Cl)c2c1-n1c(C)nnc1C(C)(C)N2. The van der Waals surface area contributed by atoms with E-state index in [9.17, 15) is 0 Å². The van der Waals surface area contributed by atoms with Crippen LogP contribution in [0.5, 0.6) is 5.75 Å². The highest BCUT2D eigenvalue weighted by Gasteiger charge is 2.37. The lowest BCUT2D eigenvalue weighted by molar-refractivity contribution is 0.407.